The van der Waals surface area contributed by atoms with E-state index in [4.69, 9.17) is 4.74 Å². The van der Waals surface area contributed by atoms with E-state index in [0.717, 1.165) is 11.3 Å². The van der Waals surface area contributed by atoms with E-state index in [-0.39, 0.29) is 35.6 Å². The van der Waals surface area contributed by atoms with E-state index >= 15 is 4.39 Å². The van der Waals surface area contributed by atoms with Crippen molar-refractivity contribution in [2.45, 2.75) is 38.1 Å². The van der Waals surface area contributed by atoms with Crippen LogP contribution in [0.4, 0.5) is 4.39 Å². The molecule has 0 saturated heterocycles. The van der Waals surface area contributed by atoms with Gasteiger partial charge in [0, 0.05) is 24.4 Å². The number of halogens is 1. The Bertz CT molecular complexity index is 1550. The number of methoxy groups -OCH3 is 1. The second-order valence-corrected chi connectivity index (χ2v) is 8.79. The van der Waals surface area contributed by atoms with Crippen molar-refractivity contribution in [1.82, 2.24) is 44.6 Å². The van der Waals surface area contributed by atoms with Gasteiger partial charge >= 0.3 is 0 Å². The molecule has 1 fully saturated rings. The van der Waals surface area contributed by atoms with Crippen molar-refractivity contribution in [3.8, 4) is 11.4 Å². The zero-order chi connectivity index (χ0) is 24.6. The number of ketones is 1. The number of aromatic nitrogens is 9. The highest BCUT2D eigenvalue weighted by Gasteiger charge is 2.24. The molecule has 4 aromatic heterocycles. The zero-order valence-corrected chi connectivity index (χ0v) is 19.5. The lowest BCUT2D eigenvalue weighted by Gasteiger charge is -2.12. The minimum atomic E-state index is -0.557. The molecule has 6 rings (SSSR count). The van der Waals surface area contributed by atoms with Crippen LogP contribution in [0.1, 0.15) is 52.5 Å². The number of tetrazole rings is 1. The van der Waals surface area contributed by atoms with Crippen LogP contribution in [0.3, 0.4) is 0 Å². The molecular formula is C24H22FN9O2. The Labute approximate surface area is 204 Å². The van der Waals surface area contributed by atoms with Gasteiger partial charge in [0.15, 0.2) is 17.3 Å². The van der Waals surface area contributed by atoms with E-state index in [1.54, 1.807) is 16.9 Å². The van der Waals surface area contributed by atoms with Crippen LogP contribution in [0, 0.1) is 5.82 Å². The maximum Gasteiger partial charge on any atom is 0.185 e. The van der Waals surface area contributed by atoms with Gasteiger partial charge < -0.3 is 9.14 Å². The van der Waals surface area contributed by atoms with Crippen molar-refractivity contribution < 1.29 is 13.9 Å². The third kappa shape index (κ3) is 4.21. The lowest BCUT2D eigenvalue weighted by atomic mass is 10.0. The third-order valence-corrected chi connectivity index (χ3v) is 6.32. The van der Waals surface area contributed by atoms with Crippen molar-refractivity contribution in [3.63, 3.8) is 0 Å². The number of hydrogen-bond acceptors (Lipinski definition) is 8. The molecule has 4 heterocycles. The van der Waals surface area contributed by atoms with Crippen LogP contribution >= 0.6 is 0 Å². The molecule has 1 saturated carbocycles. The van der Waals surface area contributed by atoms with Crippen LogP contribution in [0.25, 0.3) is 11.3 Å². The summed E-state index contributed by atoms with van der Waals surface area (Å²) in [6, 6.07) is 7.30. The van der Waals surface area contributed by atoms with Crippen LogP contribution < -0.4 is 4.74 Å². The van der Waals surface area contributed by atoms with Gasteiger partial charge in [-0.15, -0.1) is 10.2 Å². The van der Waals surface area contributed by atoms with Gasteiger partial charge in [-0.3, -0.25) is 4.79 Å². The van der Waals surface area contributed by atoms with Gasteiger partial charge in [0.2, 0.25) is 0 Å². The molecular weight excluding hydrogens is 465 g/mol. The van der Waals surface area contributed by atoms with Gasteiger partial charge in [-0.2, -0.15) is 0 Å². The van der Waals surface area contributed by atoms with E-state index in [0.29, 0.717) is 18.2 Å². The fourth-order valence-corrected chi connectivity index (χ4v) is 4.30. The smallest absolute Gasteiger partial charge is 0.185 e. The topological polar surface area (TPSA) is 118 Å². The highest BCUT2D eigenvalue weighted by Crippen LogP contribution is 2.39. The number of imidazole rings is 1. The number of pyridine rings is 1. The van der Waals surface area contributed by atoms with Crippen LogP contribution in [0.15, 0.2) is 49.2 Å². The molecule has 0 aliphatic heterocycles. The number of rotatable bonds is 9. The highest BCUT2D eigenvalue weighted by atomic mass is 19.1. The lowest BCUT2D eigenvalue weighted by Crippen LogP contribution is -2.08. The molecule has 36 heavy (non-hydrogen) atoms. The summed E-state index contributed by atoms with van der Waals surface area (Å²) in [6.07, 6.45) is 9.67. The predicted molar refractivity (Wildman–Crippen MR) is 125 cm³/mol. The molecule has 182 valence electrons. The van der Waals surface area contributed by atoms with Gasteiger partial charge in [0.1, 0.15) is 17.7 Å². The number of fused-ring (bicyclic) bond motifs is 1. The molecule has 1 aliphatic rings. The Morgan fingerprint density at radius 2 is 2.03 bits per heavy atom. The minimum Gasteiger partial charge on any atom is -0.494 e. The number of carbonyl (C=O) groups excluding carboxylic acids is 1. The molecule has 0 N–H and O–H groups in total. The molecule has 0 amide bonds. The Kier molecular flexibility index (Phi) is 5.47. The lowest BCUT2D eigenvalue weighted by molar-refractivity contribution is 0.0977. The van der Waals surface area contributed by atoms with Crippen molar-refractivity contribution >= 4 is 11.4 Å². The largest absolute Gasteiger partial charge is 0.494 e. The van der Waals surface area contributed by atoms with Gasteiger partial charge in [-0.1, -0.05) is 11.3 Å². The Balaban J connectivity index is 1.16. The molecule has 0 atom stereocenters. The second-order valence-electron chi connectivity index (χ2n) is 8.79. The van der Waals surface area contributed by atoms with Gasteiger partial charge in [0.25, 0.3) is 0 Å². The Hall–Kier alpha value is -4.48. The predicted octanol–water partition coefficient (Wildman–Crippen LogP) is 2.79. The number of ether oxygens (including phenoxy) is 1. The van der Waals surface area contributed by atoms with Crippen LogP contribution in [-0.4, -0.2) is 57.5 Å². The molecule has 1 aromatic carbocycles. The zero-order valence-electron chi connectivity index (χ0n) is 19.5. The Morgan fingerprint density at radius 1 is 1.14 bits per heavy atom. The fourth-order valence-electron chi connectivity index (χ4n) is 4.30. The number of Topliss-reactive ketones (excluding diaryl/α,β-unsaturated/α-hetero) is 1. The first-order valence-corrected chi connectivity index (χ1v) is 11.6. The maximum absolute atomic E-state index is 15.0. The summed E-state index contributed by atoms with van der Waals surface area (Å²) in [6.45, 7) is 0.384. The Morgan fingerprint density at radius 3 is 2.81 bits per heavy atom. The standard InChI is InChI=1S/C24H22FN9O2/c1-36-22-8-6-20(34-14-26-29-31-34)18(24(22)25)5-7-21(35)19-13-33(30-28-19)12-17-11-32-10-16(15-2-3-15)4-9-23(32)27-17/h4,6,8-11,13-15H,2-3,5,7,12H2,1H3. The average Bonchev–Trinajstić information content (AvgIpc) is 3.24. The summed E-state index contributed by atoms with van der Waals surface area (Å²) in [5.74, 6) is -0.0654. The number of hydrogen-bond donors (Lipinski definition) is 0. The monoisotopic (exact) mass is 487 g/mol. The second kappa shape index (κ2) is 8.95. The molecule has 1 aliphatic carbocycles. The van der Waals surface area contributed by atoms with Gasteiger partial charge in [0.05, 0.1) is 31.2 Å². The van der Waals surface area contributed by atoms with Crippen LogP contribution in [0.5, 0.6) is 5.75 Å². The van der Waals surface area contributed by atoms with Crippen molar-refractivity contribution in [2.75, 3.05) is 7.11 Å². The molecule has 12 heteroatoms. The first kappa shape index (κ1) is 22.0. The first-order chi connectivity index (χ1) is 17.6. The molecule has 0 radical (unpaired) electrons. The van der Waals surface area contributed by atoms with E-state index in [2.05, 4.69) is 43.1 Å². The number of nitrogens with zero attached hydrogens (tertiary/aromatic N) is 9. The average molecular weight is 487 g/mol. The van der Waals surface area contributed by atoms with Crippen molar-refractivity contribution in [1.29, 1.82) is 0 Å². The van der Waals surface area contributed by atoms with Crippen molar-refractivity contribution in [3.05, 3.63) is 77.5 Å². The third-order valence-electron chi connectivity index (χ3n) is 6.32. The number of benzene rings is 1. The molecule has 0 spiro atoms. The SMILES string of the molecule is COc1ccc(-n2cnnn2)c(CCC(=O)c2cn(Cc3cn4cc(C5CC5)ccc4n3)nn2)c1F. The van der Waals surface area contributed by atoms with Crippen molar-refractivity contribution in [2.24, 2.45) is 0 Å². The molecule has 11 nitrogen and oxygen atoms in total. The highest BCUT2D eigenvalue weighted by molar-refractivity contribution is 5.94. The van der Waals surface area contributed by atoms with E-state index in [9.17, 15) is 4.79 Å². The fraction of sp³-hybridized carbons (Fsp3) is 0.292. The summed E-state index contributed by atoms with van der Waals surface area (Å²) < 4.78 is 25.1. The van der Waals surface area contributed by atoms with E-state index in [1.165, 1.54) is 42.6 Å². The van der Waals surface area contributed by atoms with Gasteiger partial charge in [-0.05, 0) is 59.4 Å². The summed E-state index contributed by atoms with van der Waals surface area (Å²) in [5.41, 5.74) is 3.93. The quantitative estimate of drug-likeness (QED) is 0.291. The normalized spacial score (nSPS) is 13.4. The maximum atomic E-state index is 15.0. The first-order valence-electron chi connectivity index (χ1n) is 11.6. The van der Waals surface area contributed by atoms with E-state index < -0.39 is 5.82 Å². The number of carbonyl (C=O) groups is 1. The summed E-state index contributed by atoms with van der Waals surface area (Å²) >= 11 is 0. The van der Waals surface area contributed by atoms with Crippen LogP contribution in [-0.2, 0) is 13.0 Å². The summed E-state index contributed by atoms with van der Waals surface area (Å²) in [4.78, 5) is 17.5. The molecule has 5 aromatic rings. The molecule has 0 unspecified atom stereocenters. The molecule has 0 bridgehead atoms. The van der Waals surface area contributed by atoms with Crippen LogP contribution in [0.2, 0.25) is 0 Å². The summed E-state index contributed by atoms with van der Waals surface area (Å²) in [7, 11) is 1.39. The minimum absolute atomic E-state index is 0.0240. The summed E-state index contributed by atoms with van der Waals surface area (Å²) in [5, 5.41) is 19.2. The van der Waals surface area contributed by atoms with Gasteiger partial charge in [-0.25, -0.2) is 18.7 Å². The van der Waals surface area contributed by atoms with E-state index in [1.807, 2.05) is 16.7 Å².